The number of anilines is 1. The van der Waals surface area contributed by atoms with E-state index in [9.17, 15) is 9.59 Å². The first-order chi connectivity index (χ1) is 12.0. The summed E-state index contributed by atoms with van der Waals surface area (Å²) in [5, 5.41) is 3.41. The van der Waals surface area contributed by atoms with Gasteiger partial charge in [0.15, 0.2) is 0 Å². The van der Waals surface area contributed by atoms with Gasteiger partial charge in [-0.25, -0.2) is 0 Å². The number of hydrogen-bond acceptors (Lipinski definition) is 4. The van der Waals surface area contributed by atoms with Crippen molar-refractivity contribution in [3.63, 3.8) is 0 Å². The van der Waals surface area contributed by atoms with Crippen molar-refractivity contribution in [2.45, 2.75) is 32.1 Å². The van der Waals surface area contributed by atoms with Crippen molar-refractivity contribution in [2.24, 2.45) is 5.73 Å². The number of hydrogen-bond donors (Lipinski definition) is 2. The van der Waals surface area contributed by atoms with Crippen LogP contribution in [0.25, 0.3) is 0 Å². The van der Waals surface area contributed by atoms with E-state index in [1.165, 1.54) is 11.3 Å². The van der Waals surface area contributed by atoms with Gasteiger partial charge in [-0.1, -0.05) is 6.42 Å². The summed E-state index contributed by atoms with van der Waals surface area (Å²) < 4.78 is 5.84. The highest BCUT2D eigenvalue weighted by atomic mass is 79.9. The topological polar surface area (TPSA) is 81.4 Å². The Bertz CT molecular complexity index is 832. The van der Waals surface area contributed by atoms with E-state index in [1.54, 1.807) is 25.3 Å². The Kier molecular flexibility index (Phi) is 5.44. The highest BCUT2D eigenvalue weighted by Crippen LogP contribution is 2.37. The smallest absolute Gasteiger partial charge is 0.257 e. The number of benzene rings is 1. The van der Waals surface area contributed by atoms with E-state index < -0.39 is 5.91 Å². The first-order valence-corrected chi connectivity index (χ1v) is 9.71. The lowest BCUT2D eigenvalue weighted by molar-refractivity contribution is 0.100. The van der Waals surface area contributed by atoms with Crippen molar-refractivity contribution in [1.29, 1.82) is 0 Å². The standard InChI is InChI=1S/C18H19BrN2O3S/c1-24-10-7-8-13(19)12(9-10)17(23)21-18-15(16(20)22)11-5-3-2-4-6-14(11)25-18/h7-9H,2-6H2,1H3,(H2,20,22)(H,21,23). The maximum absolute atomic E-state index is 12.7. The van der Waals surface area contributed by atoms with E-state index in [0.717, 1.165) is 42.5 Å². The Morgan fingerprint density at radius 1 is 1.24 bits per heavy atom. The summed E-state index contributed by atoms with van der Waals surface area (Å²) in [5.74, 6) is -0.200. The molecule has 3 N–H and O–H groups in total. The van der Waals surface area contributed by atoms with Crippen molar-refractivity contribution in [3.8, 4) is 5.75 Å². The van der Waals surface area contributed by atoms with Gasteiger partial charge >= 0.3 is 0 Å². The van der Waals surface area contributed by atoms with Gasteiger partial charge in [-0.05, 0) is 65.4 Å². The summed E-state index contributed by atoms with van der Waals surface area (Å²) in [6.45, 7) is 0. The molecule has 1 aromatic heterocycles. The van der Waals surface area contributed by atoms with E-state index in [4.69, 9.17) is 10.5 Å². The number of carbonyl (C=O) groups is 2. The van der Waals surface area contributed by atoms with Crippen LogP contribution < -0.4 is 15.8 Å². The lowest BCUT2D eigenvalue weighted by atomic mass is 10.1. The molecule has 0 unspecified atom stereocenters. The zero-order valence-corrected chi connectivity index (χ0v) is 16.3. The van der Waals surface area contributed by atoms with Gasteiger partial charge in [-0.2, -0.15) is 0 Å². The fourth-order valence-electron chi connectivity index (χ4n) is 3.07. The van der Waals surface area contributed by atoms with Crippen molar-refractivity contribution in [1.82, 2.24) is 0 Å². The molecule has 0 aliphatic heterocycles. The zero-order chi connectivity index (χ0) is 18.0. The average molecular weight is 423 g/mol. The number of methoxy groups -OCH3 is 1. The Morgan fingerprint density at radius 3 is 2.72 bits per heavy atom. The molecular weight excluding hydrogens is 404 g/mol. The molecular formula is C18H19BrN2O3S. The number of nitrogens with two attached hydrogens (primary N) is 1. The summed E-state index contributed by atoms with van der Waals surface area (Å²) in [4.78, 5) is 25.9. The van der Waals surface area contributed by atoms with Crippen LogP contribution in [0.5, 0.6) is 5.75 Å². The van der Waals surface area contributed by atoms with Crippen molar-refractivity contribution in [2.75, 3.05) is 12.4 Å². The Morgan fingerprint density at radius 2 is 2.00 bits per heavy atom. The van der Waals surface area contributed by atoms with Gasteiger partial charge in [0, 0.05) is 9.35 Å². The summed E-state index contributed by atoms with van der Waals surface area (Å²) >= 11 is 4.85. The molecule has 1 heterocycles. The van der Waals surface area contributed by atoms with Crippen LogP contribution in [0.1, 0.15) is 50.4 Å². The quantitative estimate of drug-likeness (QED) is 0.726. The van der Waals surface area contributed by atoms with Crippen LogP contribution in [0.2, 0.25) is 0 Å². The third-order valence-corrected chi connectivity index (χ3v) is 6.21. The summed E-state index contributed by atoms with van der Waals surface area (Å²) in [5.41, 5.74) is 7.53. The van der Waals surface area contributed by atoms with Crippen LogP contribution >= 0.6 is 27.3 Å². The monoisotopic (exact) mass is 422 g/mol. The molecule has 0 bridgehead atoms. The molecule has 0 fully saturated rings. The summed E-state index contributed by atoms with van der Waals surface area (Å²) in [6.07, 6.45) is 5.05. The fourth-order valence-corrected chi connectivity index (χ4v) is 4.78. The predicted molar refractivity (Wildman–Crippen MR) is 103 cm³/mol. The number of ether oxygens (including phenoxy) is 1. The number of nitrogens with one attached hydrogen (secondary N) is 1. The van der Waals surface area contributed by atoms with Gasteiger partial charge in [0.2, 0.25) is 0 Å². The average Bonchev–Trinajstić information content (AvgIpc) is 2.76. The molecule has 3 rings (SSSR count). The highest BCUT2D eigenvalue weighted by molar-refractivity contribution is 9.10. The molecule has 25 heavy (non-hydrogen) atoms. The van der Waals surface area contributed by atoms with Crippen LogP contribution in [0.4, 0.5) is 5.00 Å². The van der Waals surface area contributed by atoms with E-state index in [0.29, 0.717) is 26.4 Å². The Balaban J connectivity index is 1.95. The van der Waals surface area contributed by atoms with Crippen molar-refractivity contribution >= 4 is 44.1 Å². The van der Waals surface area contributed by atoms with Crippen LogP contribution in [0.15, 0.2) is 22.7 Å². The molecule has 5 nitrogen and oxygen atoms in total. The predicted octanol–water partition coefficient (Wildman–Crippen LogP) is 4.14. The lowest BCUT2D eigenvalue weighted by Gasteiger charge is -2.09. The van der Waals surface area contributed by atoms with E-state index in [2.05, 4.69) is 21.2 Å². The second-order valence-corrected chi connectivity index (χ2v) is 7.89. The Labute approximate surface area is 158 Å². The third kappa shape index (κ3) is 3.72. The number of fused-ring (bicyclic) bond motifs is 1. The number of rotatable bonds is 4. The molecule has 7 heteroatoms. The summed E-state index contributed by atoms with van der Waals surface area (Å²) in [7, 11) is 1.55. The van der Waals surface area contributed by atoms with Gasteiger partial charge in [-0.15, -0.1) is 11.3 Å². The first kappa shape index (κ1) is 17.9. The fraction of sp³-hybridized carbons (Fsp3) is 0.333. The molecule has 0 saturated heterocycles. The molecule has 1 aromatic carbocycles. The minimum atomic E-state index is -0.487. The molecule has 2 amide bonds. The number of amides is 2. The molecule has 0 radical (unpaired) electrons. The largest absolute Gasteiger partial charge is 0.497 e. The van der Waals surface area contributed by atoms with Gasteiger partial charge in [0.1, 0.15) is 10.8 Å². The van der Waals surface area contributed by atoms with Gasteiger partial charge < -0.3 is 15.8 Å². The van der Waals surface area contributed by atoms with Crippen molar-refractivity contribution in [3.05, 3.63) is 44.2 Å². The molecule has 0 spiro atoms. The number of primary amides is 1. The maximum Gasteiger partial charge on any atom is 0.257 e. The molecule has 2 aromatic rings. The van der Waals surface area contributed by atoms with Crippen LogP contribution in [0.3, 0.4) is 0 Å². The van der Waals surface area contributed by atoms with Crippen molar-refractivity contribution < 1.29 is 14.3 Å². The van der Waals surface area contributed by atoms with Gasteiger partial charge in [0.05, 0.1) is 18.2 Å². The number of thiophene rings is 1. The third-order valence-electron chi connectivity index (χ3n) is 4.31. The second-order valence-electron chi connectivity index (χ2n) is 5.93. The molecule has 1 aliphatic carbocycles. The zero-order valence-electron chi connectivity index (χ0n) is 13.9. The van der Waals surface area contributed by atoms with Gasteiger partial charge in [-0.3, -0.25) is 9.59 Å². The van der Waals surface area contributed by atoms with Crippen LogP contribution in [-0.2, 0) is 12.8 Å². The highest BCUT2D eigenvalue weighted by Gasteiger charge is 2.25. The number of carbonyl (C=O) groups excluding carboxylic acids is 2. The molecule has 0 saturated carbocycles. The number of halogens is 1. The maximum atomic E-state index is 12.7. The minimum absolute atomic E-state index is 0.301. The summed E-state index contributed by atoms with van der Waals surface area (Å²) in [6, 6.07) is 5.18. The number of aryl methyl sites for hydroxylation is 1. The SMILES string of the molecule is COc1ccc(Br)c(C(=O)Nc2sc3c(c2C(N)=O)CCCCC3)c1. The first-order valence-electron chi connectivity index (χ1n) is 8.10. The van der Waals surface area contributed by atoms with E-state index in [1.807, 2.05) is 0 Å². The Hall–Kier alpha value is -1.86. The molecule has 132 valence electrons. The van der Waals surface area contributed by atoms with E-state index >= 15 is 0 Å². The van der Waals surface area contributed by atoms with Gasteiger partial charge in [0.25, 0.3) is 11.8 Å². The van der Waals surface area contributed by atoms with E-state index in [-0.39, 0.29) is 5.91 Å². The second kappa shape index (κ2) is 7.58. The minimum Gasteiger partial charge on any atom is -0.497 e. The molecule has 1 aliphatic rings. The lowest BCUT2D eigenvalue weighted by Crippen LogP contribution is -2.18. The van der Waals surface area contributed by atoms with Crippen LogP contribution in [0, 0.1) is 0 Å². The normalized spacial score (nSPS) is 13.7. The van der Waals surface area contributed by atoms with Crippen LogP contribution in [-0.4, -0.2) is 18.9 Å². The molecule has 0 atom stereocenters.